The van der Waals surface area contributed by atoms with Crippen LogP contribution in [0.4, 0.5) is 4.39 Å². The van der Waals surface area contributed by atoms with E-state index in [1.54, 1.807) is 0 Å². The van der Waals surface area contributed by atoms with Crippen LogP contribution in [0.15, 0.2) is 0 Å². The van der Waals surface area contributed by atoms with E-state index < -0.39 is 5.60 Å². The first-order chi connectivity index (χ1) is 4.74. The molecule has 0 aromatic rings. The SMILES string of the molecule is Cl.NCC12COC(CF)(C1)C2. The third-order valence-electron chi connectivity index (χ3n) is 2.76. The van der Waals surface area contributed by atoms with E-state index >= 15 is 0 Å². The van der Waals surface area contributed by atoms with Gasteiger partial charge < -0.3 is 10.5 Å². The van der Waals surface area contributed by atoms with Crippen molar-refractivity contribution in [2.45, 2.75) is 18.4 Å². The lowest BCUT2D eigenvalue weighted by Gasteiger charge is -2.42. The number of hydrogen-bond donors (Lipinski definition) is 1. The summed E-state index contributed by atoms with van der Waals surface area (Å²) in [5.74, 6) is 0. The molecule has 0 aromatic carbocycles. The molecule has 0 spiro atoms. The first kappa shape index (κ1) is 9.23. The summed E-state index contributed by atoms with van der Waals surface area (Å²) in [6.07, 6.45) is 1.68. The summed E-state index contributed by atoms with van der Waals surface area (Å²) in [5.41, 5.74) is 5.27. The zero-order valence-electron chi connectivity index (χ0n) is 6.31. The van der Waals surface area contributed by atoms with Gasteiger partial charge >= 0.3 is 0 Å². The molecule has 3 fully saturated rings. The van der Waals surface area contributed by atoms with Crippen molar-refractivity contribution < 1.29 is 9.13 Å². The number of rotatable bonds is 2. The number of ether oxygens (including phenoxy) is 1. The Bertz CT molecular complexity index is 143. The molecule has 0 radical (unpaired) electrons. The molecule has 66 valence electrons. The second kappa shape index (κ2) is 2.57. The monoisotopic (exact) mass is 181 g/mol. The number of halogens is 2. The maximum absolute atomic E-state index is 12.3. The van der Waals surface area contributed by atoms with E-state index in [2.05, 4.69) is 0 Å². The molecule has 2 nitrogen and oxygen atoms in total. The molecule has 11 heavy (non-hydrogen) atoms. The van der Waals surface area contributed by atoms with Crippen LogP contribution in [0.3, 0.4) is 0 Å². The fraction of sp³-hybridized carbons (Fsp3) is 1.00. The van der Waals surface area contributed by atoms with Gasteiger partial charge in [-0.25, -0.2) is 4.39 Å². The van der Waals surface area contributed by atoms with Crippen LogP contribution in [0.25, 0.3) is 0 Å². The highest BCUT2D eigenvalue weighted by atomic mass is 35.5. The molecule has 4 heteroatoms. The lowest BCUT2D eigenvalue weighted by atomic mass is 9.63. The fourth-order valence-electron chi connectivity index (χ4n) is 2.16. The quantitative estimate of drug-likeness (QED) is 0.687. The molecule has 0 amide bonds. The van der Waals surface area contributed by atoms with E-state index in [4.69, 9.17) is 10.5 Å². The number of nitrogens with two attached hydrogens (primary N) is 1. The Morgan fingerprint density at radius 3 is 2.36 bits per heavy atom. The molecule has 0 atom stereocenters. The van der Waals surface area contributed by atoms with Gasteiger partial charge in [0.1, 0.15) is 6.67 Å². The van der Waals surface area contributed by atoms with Gasteiger partial charge in [0.05, 0.1) is 12.2 Å². The number of alkyl halides is 1. The van der Waals surface area contributed by atoms with E-state index in [1.165, 1.54) is 0 Å². The topological polar surface area (TPSA) is 35.2 Å². The minimum Gasteiger partial charge on any atom is -0.372 e. The zero-order chi connectivity index (χ0) is 7.24. The third kappa shape index (κ3) is 1.06. The van der Waals surface area contributed by atoms with Gasteiger partial charge in [0.2, 0.25) is 0 Å². The minimum atomic E-state index is -0.403. The van der Waals surface area contributed by atoms with Crippen molar-refractivity contribution in [2.24, 2.45) is 11.1 Å². The Morgan fingerprint density at radius 2 is 2.09 bits per heavy atom. The van der Waals surface area contributed by atoms with Gasteiger partial charge in [-0.05, 0) is 12.8 Å². The smallest absolute Gasteiger partial charge is 0.118 e. The standard InChI is InChI=1S/C7H12FNO.ClH/c8-3-7-1-6(2-7,4-9)5-10-7;/h1-5,9H2;1H. The summed E-state index contributed by atoms with van der Waals surface area (Å²) in [4.78, 5) is 0. The second-order valence-electron chi connectivity index (χ2n) is 3.66. The lowest BCUT2D eigenvalue weighted by Crippen LogP contribution is -2.49. The predicted molar refractivity (Wildman–Crippen MR) is 42.6 cm³/mol. The van der Waals surface area contributed by atoms with Gasteiger partial charge in [-0.1, -0.05) is 0 Å². The van der Waals surface area contributed by atoms with Crippen molar-refractivity contribution >= 4 is 12.4 Å². The number of hydrogen-bond acceptors (Lipinski definition) is 2. The third-order valence-corrected chi connectivity index (χ3v) is 2.76. The van der Waals surface area contributed by atoms with Crippen LogP contribution in [0.1, 0.15) is 12.8 Å². The molecule has 3 aliphatic rings. The van der Waals surface area contributed by atoms with Crippen LogP contribution < -0.4 is 5.73 Å². The van der Waals surface area contributed by atoms with Crippen molar-refractivity contribution in [2.75, 3.05) is 19.8 Å². The maximum Gasteiger partial charge on any atom is 0.118 e. The Labute approximate surface area is 71.7 Å². The molecule has 2 N–H and O–H groups in total. The zero-order valence-corrected chi connectivity index (χ0v) is 7.12. The Balaban J connectivity index is 0.000000605. The molecule has 2 aliphatic heterocycles. The molecular weight excluding hydrogens is 169 g/mol. The summed E-state index contributed by atoms with van der Waals surface area (Å²) in [6.45, 7) is 0.983. The minimum absolute atomic E-state index is 0. The van der Waals surface area contributed by atoms with Crippen LogP contribution in [0.5, 0.6) is 0 Å². The van der Waals surface area contributed by atoms with Crippen molar-refractivity contribution in [1.82, 2.24) is 0 Å². The Hall–Kier alpha value is 0.140. The highest BCUT2D eigenvalue weighted by Crippen LogP contribution is 2.57. The van der Waals surface area contributed by atoms with Gasteiger partial charge in [-0.15, -0.1) is 12.4 Å². The van der Waals surface area contributed by atoms with Crippen molar-refractivity contribution in [1.29, 1.82) is 0 Å². The van der Waals surface area contributed by atoms with E-state index in [1.807, 2.05) is 0 Å². The van der Waals surface area contributed by atoms with E-state index in [0.29, 0.717) is 13.2 Å². The summed E-state index contributed by atoms with van der Waals surface area (Å²) in [6, 6.07) is 0. The van der Waals surface area contributed by atoms with Gasteiger partial charge in [-0.3, -0.25) is 0 Å². The molecule has 3 rings (SSSR count). The normalized spacial score (nSPS) is 46.4. The van der Waals surface area contributed by atoms with E-state index in [-0.39, 0.29) is 24.5 Å². The Morgan fingerprint density at radius 1 is 1.45 bits per heavy atom. The van der Waals surface area contributed by atoms with Crippen molar-refractivity contribution in [3.8, 4) is 0 Å². The molecule has 1 saturated carbocycles. The molecule has 2 saturated heterocycles. The largest absolute Gasteiger partial charge is 0.372 e. The molecule has 2 bridgehead atoms. The summed E-state index contributed by atoms with van der Waals surface area (Å²) in [5, 5.41) is 0. The van der Waals surface area contributed by atoms with Crippen molar-refractivity contribution in [3.63, 3.8) is 0 Å². The highest BCUT2D eigenvalue weighted by Gasteiger charge is 2.61. The first-order valence-corrected chi connectivity index (χ1v) is 3.64. The van der Waals surface area contributed by atoms with Gasteiger partial charge in [0, 0.05) is 12.0 Å². The summed E-state index contributed by atoms with van der Waals surface area (Å²) < 4.78 is 17.6. The van der Waals surface area contributed by atoms with Crippen LogP contribution in [0.2, 0.25) is 0 Å². The summed E-state index contributed by atoms with van der Waals surface area (Å²) >= 11 is 0. The maximum atomic E-state index is 12.3. The molecule has 1 aliphatic carbocycles. The van der Waals surface area contributed by atoms with Gasteiger partial charge in [-0.2, -0.15) is 0 Å². The van der Waals surface area contributed by atoms with Crippen LogP contribution in [-0.4, -0.2) is 25.4 Å². The molecule has 0 aromatic heterocycles. The fourth-order valence-corrected chi connectivity index (χ4v) is 2.16. The Kier molecular flexibility index (Phi) is 2.16. The van der Waals surface area contributed by atoms with Crippen LogP contribution >= 0.6 is 12.4 Å². The highest BCUT2D eigenvalue weighted by molar-refractivity contribution is 5.85. The average molecular weight is 182 g/mol. The second-order valence-corrected chi connectivity index (χ2v) is 3.66. The predicted octanol–water partition coefficient (Wildman–Crippen LogP) is 0.886. The van der Waals surface area contributed by atoms with Gasteiger partial charge in [0.15, 0.2) is 0 Å². The van der Waals surface area contributed by atoms with Crippen LogP contribution in [0, 0.1) is 5.41 Å². The molecule has 2 heterocycles. The molecule has 0 unspecified atom stereocenters. The van der Waals surface area contributed by atoms with Crippen LogP contribution in [-0.2, 0) is 4.74 Å². The van der Waals surface area contributed by atoms with E-state index in [9.17, 15) is 4.39 Å². The molecular formula is C7H13ClFNO. The van der Waals surface area contributed by atoms with E-state index in [0.717, 1.165) is 12.8 Å². The lowest BCUT2D eigenvalue weighted by molar-refractivity contribution is -0.0328. The first-order valence-electron chi connectivity index (χ1n) is 3.64. The van der Waals surface area contributed by atoms with Crippen molar-refractivity contribution in [3.05, 3.63) is 0 Å². The number of fused-ring (bicyclic) bond motifs is 1. The average Bonchev–Trinajstić information content (AvgIpc) is 2.40. The summed E-state index contributed by atoms with van der Waals surface area (Å²) in [7, 11) is 0. The van der Waals surface area contributed by atoms with Gasteiger partial charge in [0.25, 0.3) is 0 Å².